The first-order valence-electron chi connectivity index (χ1n) is 9.88. The minimum Gasteiger partial charge on any atom is -0.491 e. The molecule has 1 N–H and O–H groups in total. The van der Waals surface area contributed by atoms with Crippen molar-refractivity contribution >= 4 is 27.3 Å². The largest absolute Gasteiger partial charge is 0.491 e. The predicted octanol–water partition coefficient (Wildman–Crippen LogP) is 3.81. The molecule has 3 rings (SSSR count). The van der Waals surface area contributed by atoms with Crippen LogP contribution in [0.25, 0.3) is 0 Å². The number of hydrogen-bond acceptors (Lipinski definition) is 5. The number of benzene rings is 1. The Hall–Kier alpha value is -1.90. The number of carbonyl (C=O) groups excluding carboxylic acids is 1. The van der Waals surface area contributed by atoms with Crippen LogP contribution in [0.15, 0.2) is 46.0 Å². The Morgan fingerprint density at radius 3 is 2.34 bits per heavy atom. The highest BCUT2D eigenvalue weighted by molar-refractivity contribution is 7.91. The smallest absolute Gasteiger partial charge is 0.252 e. The van der Waals surface area contributed by atoms with Crippen molar-refractivity contribution in [1.29, 1.82) is 0 Å². The van der Waals surface area contributed by atoms with E-state index in [0.717, 1.165) is 11.3 Å². The van der Waals surface area contributed by atoms with Crippen LogP contribution in [0.4, 0.5) is 0 Å². The van der Waals surface area contributed by atoms with Gasteiger partial charge in [0.15, 0.2) is 0 Å². The second kappa shape index (κ2) is 9.28. The molecule has 1 atom stereocenters. The van der Waals surface area contributed by atoms with Crippen molar-refractivity contribution in [2.24, 2.45) is 5.92 Å². The molecule has 8 heteroatoms. The van der Waals surface area contributed by atoms with E-state index in [4.69, 9.17) is 4.74 Å². The second-order valence-electron chi connectivity index (χ2n) is 7.58. The van der Waals surface area contributed by atoms with Crippen LogP contribution in [-0.2, 0) is 14.8 Å². The van der Waals surface area contributed by atoms with Gasteiger partial charge < -0.3 is 10.1 Å². The Kier molecular flexibility index (Phi) is 6.97. The van der Waals surface area contributed by atoms with Crippen LogP contribution in [0.2, 0.25) is 0 Å². The highest BCUT2D eigenvalue weighted by Crippen LogP contribution is 2.27. The maximum atomic E-state index is 12.7. The third kappa shape index (κ3) is 5.38. The molecule has 1 aromatic carbocycles. The molecule has 2 aromatic rings. The monoisotopic (exact) mass is 436 g/mol. The fraction of sp³-hybridized carbons (Fsp3) is 0.476. The molecule has 29 heavy (non-hydrogen) atoms. The first-order chi connectivity index (χ1) is 13.8. The first kappa shape index (κ1) is 21.8. The normalized spacial score (nSPS) is 17.2. The minimum atomic E-state index is -3.44. The first-order valence-corrected chi connectivity index (χ1v) is 12.2. The maximum Gasteiger partial charge on any atom is 0.252 e. The van der Waals surface area contributed by atoms with Gasteiger partial charge in [-0.3, -0.25) is 4.79 Å². The molecule has 1 saturated heterocycles. The van der Waals surface area contributed by atoms with Gasteiger partial charge in [-0.25, -0.2) is 8.42 Å². The molecule has 0 radical (unpaired) electrons. The highest BCUT2D eigenvalue weighted by atomic mass is 32.2. The summed E-state index contributed by atoms with van der Waals surface area (Å²) in [4.78, 5) is 12.7. The zero-order valence-electron chi connectivity index (χ0n) is 17.0. The summed E-state index contributed by atoms with van der Waals surface area (Å²) in [6.45, 7) is 6.65. The van der Waals surface area contributed by atoms with Crippen LogP contribution in [-0.4, -0.2) is 37.8 Å². The van der Waals surface area contributed by atoms with Gasteiger partial charge in [0, 0.05) is 19.0 Å². The van der Waals surface area contributed by atoms with E-state index < -0.39 is 10.0 Å². The molecule has 6 nitrogen and oxygen atoms in total. The van der Waals surface area contributed by atoms with Crippen molar-refractivity contribution in [3.05, 3.63) is 47.3 Å². The molecule has 2 heterocycles. The molecule has 1 aliphatic rings. The molecule has 0 bridgehead atoms. The molecule has 158 valence electrons. The van der Waals surface area contributed by atoms with Crippen molar-refractivity contribution in [3.63, 3.8) is 0 Å². The predicted molar refractivity (Wildman–Crippen MR) is 115 cm³/mol. The highest BCUT2D eigenvalue weighted by Gasteiger charge is 2.32. The maximum absolute atomic E-state index is 12.7. The number of rotatable bonds is 7. The lowest BCUT2D eigenvalue weighted by atomic mass is 9.96. The summed E-state index contributed by atoms with van der Waals surface area (Å²) in [5, 5.41) is 4.82. The molecule has 1 unspecified atom stereocenters. The van der Waals surface area contributed by atoms with Crippen LogP contribution in [0.5, 0.6) is 5.75 Å². The SMILES string of the molecule is CC(C)Oc1ccc(C(C)NC(=O)C2CCN(S(=O)(=O)c3cccs3)CC2)cc1. The Morgan fingerprint density at radius 2 is 1.79 bits per heavy atom. The fourth-order valence-corrected chi connectivity index (χ4v) is 6.03. The Bertz CT molecular complexity index is 901. The van der Waals surface area contributed by atoms with E-state index in [1.807, 2.05) is 45.0 Å². The van der Waals surface area contributed by atoms with Gasteiger partial charge in [0.05, 0.1) is 12.1 Å². The number of amides is 1. The number of ether oxygens (including phenoxy) is 1. The number of nitrogens with zero attached hydrogens (tertiary/aromatic N) is 1. The van der Waals surface area contributed by atoms with Crippen molar-refractivity contribution in [1.82, 2.24) is 9.62 Å². The lowest BCUT2D eigenvalue weighted by Gasteiger charge is -2.30. The zero-order valence-corrected chi connectivity index (χ0v) is 18.6. The van der Waals surface area contributed by atoms with Crippen molar-refractivity contribution in [2.45, 2.75) is 50.0 Å². The number of hydrogen-bond donors (Lipinski definition) is 1. The van der Waals surface area contributed by atoms with Crippen LogP contribution < -0.4 is 10.1 Å². The number of nitrogens with one attached hydrogen (secondary N) is 1. The van der Waals surface area contributed by atoms with Gasteiger partial charge in [0.2, 0.25) is 5.91 Å². The van der Waals surface area contributed by atoms with Crippen molar-refractivity contribution < 1.29 is 17.9 Å². The Morgan fingerprint density at radius 1 is 1.14 bits per heavy atom. The second-order valence-corrected chi connectivity index (χ2v) is 10.7. The summed E-state index contributed by atoms with van der Waals surface area (Å²) in [6.07, 6.45) is 1.18. The quantitative estimate of drug-likeness (QED) is 0.716. The topological polar surface area (TPSA) is 75.7 Å². The molecular formula is C21H28N2O4S2. The van der Waals surface area contributed by atoms with Crippen molar-refractivity contribution in [2.75, 3.05) is 13.1 Å². The number of piperidine rings is 1. The lowest BCUT2D eigenvalue weighted by Crippen LogP contribution is -2.43. The van der Waals surface area contributed by atoms with E-state index in [1.165, 1.54) is 15.6 Å². The minimum absolute atomic E-state index is 0.0202. The average molecular weight is 437 g/mol. The van der Waals surface area contributed by atoms with Crippen LogP contribution >= 0.6 is 11.3 Å². The van der Waals surface area contributed by atoms with Crippen LogP contribution in [0, 0.1) is 5.92 Å². The summed E-state index contributed by atoms with van der Waals surface area (Å²) >= 11 is 1.22. The fourth-order valence-electron chi connectivity index (χ4n) is 3.42. The molecule has 0 aliphatic carbocycles. The molecule has 1 fully saturated rings. The number of carbonyl (C=O) groups is 1. The lowest BCUT2D eigenvalue weighted by molar-refractivity contribution is -0.126. The van der Waals surface area contributed by atoms with E-state index in [0.29, 0.717) is 30.1 Å². The van der Waals surface area contributed by atoms with Gasteiger partial charge in [-0.05, 0) is 62.8 Å². The van der Waals surface area contributed by atoms with Gasteiger partial charge >= 0.3 is 0 Å². The van der Waals surface area contributed by atoms with Crippen LogP contribution in [0.1, 0.15) is 45.2 Å². The average Bonchev–Trinajstić information content (AvgIpc) is 3.24. The standard InChI is InChI=1S/C21H28N2O4S2/c1-15(2)27-19-8-6-17(7-9-19)16(3)22-21(24)18-10-12-23(13-11-18)29(25,26)20-5-4-14-28-20/h4-9,14-16,18H,10-13H2,1-3H3,(H,22,24). The molecular weight excluding hydrogens is 408 g/mol. The molecule has 0 spiro atoms. The van der Waals surface area contributed by atoms with Gasteiger partial charge in [0.25, 0.3) is 10.0 Å². The molecule has 1 aromatic heterocycles. The van der Waals surface area contributed by atoms with E-state index in [-0.39, 0.29) is 24.0 Å². The van der Waals surface area contributed by atoms with E-state index in [9.17, 15) is 13.2 Å². The summed E-state index contributed by atoms with van der Waals surface area (Å²) in [5.74, 6) is 0.616. The van der Waals surface area contributed by atoms with E-state index in [1.54, 1.807) is 17.5 Å². The van der Waals surface area contributed by atoms with Gasteiger partial charge in [-0.1, -0.05) is 18.2 Å². The third-order valence-electron chi connectivity index (χ3n) is 5.02. The zero-order chi connectivity index (χ0) is 21.0. The Labute approximate surface area is 176 Å². The van der Waals surface area contributed by atoms with Crippen LogP contribution in [0.3, 0.4) is 0 Å². The summed E-state index contributed by atoms with van der Waals surface area (Å²) < 4.78 is 32.7. The van der Waals surface area contributed by atoms with Gasteiger partial charge in [0.1, 0.15) is 9.96 Å². The van der Waals surface area contributed by atoms with E-state index in [2.05, 4.69) is 5.32 Å². The summed E-state index contributed by atoms with van der Waals surface area (Å²) in [5.41, 5.74) is 1.01. The van der Waals surface area contributed by atoms with E-state index >= 15 is 0 Å². The summed E-state index contributed by atoms with van der Waals surface area (Å²) in [7, 11) is -3.44. The molecule has 1 amide bonds. The molecule has 1 aliphatic heterocycles. The number of thiophene rings is 1. The Balaban J connectivity index is 1.53. The molecule has 0 saturated carbocycles. The van der Waals surface area contributed by atoms with Crippen molar-refractivity contribution in [3.8, 4) is 5.75 Å². The van der Waals surface area contributed by atoms with Gasteiger partial charge in [-0.15, -0.1) is 11.3 Å². The third-order valence-corrected chi connectivity index (χ3v) is 8.30. The number of sulfonamides is 1. The summed E-state index contributed by atoms with van der Waals surface area (Å²) in [6, 6.07) is 11.0. The van der Waals surface area contributed by atoms with Gasteiger partial charge in [-0.2, -0.15) is 4.31 Å².